The first-order valence-corrected chi connectivity index (χ1v) is 7.19. The van der Waals surface area contributed by atoms with Crippen LogP contribution < -0.4 is 5.32 Å². The maximum atomic E-state index is 11.8. The highest BCUT2D eigenvalue weighted by Gasteiger charge is 2.16. The van der Waals surface area contributed by atoms with Crippen LogP contribution in [-0.4, -0.2) is 37.0 Å². The van der Waals surface area contributed by atoms with E-state index in [1.54, 1.807) is 6.07 Å². The summed E-state index contributed by atoms with van der Waals surface area (Å²) in [6.07, 6.45) is 4.04. The van der Waals surface area contributed by atoms with Crippen molar-refractivity contribution in [3.63, 3.8) is 0 Å². The molecule has 1 aromatic heterocycles. The minimum absolute atomic E-state index is 0.0824. The molecule has 0 aliphatic carbocycles. The molecular weight excluding hydrogens is 296 g/mol. The van der Waals surface area contributed by atoms with E-state index >= 15 is 0 Å². The van der Waals surface area contributed by atoms with Gasteiger partial charge in [-0.1, -0.05) is 6.92 Å². The fraction of sp³-hybridized carbons (Fsp3) is 0.615. The third-order valence-electron chi connectivity index (χ3n) is 3.45. The first kappa shape index (κ1) is 13.6. The van der Waals surface area contributed by atoms with E-state index in [1.165, 1.54) is 19.1 Å². The molecule has 5 heteroatoms. The van der Waals surface area contributed by atoms with Crippen molar-refractivity contribution in [1.29, 1.82) is 0 Å². The predicted octanol–water partition coefficient (Wildman–Crippen LogP) is 2.50. The number of hydrogen-bond donors (Lipinski definition) is 1. The number of hydrogen-bond acceptors (Lipinski definition) is 3. The Labute approximate surface area is 116 Å². The third kappa shape index (κ3) is 3.59. The molecule has 1 aliphatic heterocycles. The highest BCUT2D eigenvalue weighted by Crippen LogP contribution is 2.17. The van der Waals surface area contributed by atoms with Crippen molar-refractivity contribution in [3.05, 3.63) is 22.6 Å². The zero-order valence-corrected chi connectivity index (χ0v) is 12.2. The number of carbonyl (C=O) groups is 1. The van der Waals surface area contributed by atoms with E-state index in [0.717, 1.165) is 25.6 Å². The molecule has 100 valence electrons. The molecule has 4 nitrogen and oxygen atoms in total. The van der Waals surface area contributed by atoms with Gasteiger partial charge in [-0.25, -0.2) is 0 Å². The van der Waals surface area contributed by atoms with Gasteiger partial charge in [0.05, 0.1) is 11.8 Å². The van der Waals surface area contributed by atoms with Crippen LogP contribution in [-0.2, 0) is 0 Å². The second-order valence-corrected chi connectivity index (χ2v) is 5.61. The van der Waals surface area contributed by atoms with Crippen molar-refractivity contribution < 1.29 is 9.21 Å². The molecule has 2 rings (SSSR count). The van der Waals surface area contributed by atoms with E-state index in [-0.39, 0.29) is 5.91 Å². The molecule has 2 heterocycles. The molecule has 0 atom stereocenters. The Bertz CT molecular complexity index is 397. The molecule has 0 spiro atoms. The van der Waals surface area contributed by atoms with E-state index in [4.69, 9.17) is 4.42 Å². The maximum Gasteiger partial charge on any atom is 0.255 e. The molecule has 1 N–H and O–H groups in total. The Hall–Kier alpha value is -0.810. The molecule has 0 bridgehead atoms. The summed E-state index contributed by atoms with van der Waals surface area (Å²) in [5, 5.41) is 2.91. The van der Waals surface area contributed by atoms with Crippen LogP contribution in [0, 0.1) is 5.92 Å². The fourth-order valence-electron chi connectivity index (χ4n) is 2.16. The summed E-state index contributed by atoms with van der Waals surface area (Å²) >= 11 is 3.20. The Morgan fingerprint density at radius 2 is 2.28 bits per heavy atom. The summed E-state index contributed by atoms with van der Waals surface area (Å²) in [4.78, 5) is 14.2. The van der Waals surface area contributed by atoms with Crippen LogP contribution >= 0.6 is 15.9 Å². The van der Waals surface area contributed by atoms with Gasteiger partial charge in [0.25, 0.3) is 5.91 Å². The first-order chi connectivity index (χ1) is 8.66. The number of nitrogens with zero attached hydrogens (tertiary/aromatic N) is 1. The van der Waals surface area contributed by atoms with E-state index < -0.39 is 0 Å². The van der Waals surface area contributed by atoms with Gasteiger partial charge in [0.1, 0.15) is 0 Å². The van der Waals surface area contributed by atoms with Gasteiger partial charge in [0.15, 0.2) is 4.67 Å². The van der Waals surface area contributed by atoms with Crippen molar-refractivity contribution >= 4 is 21.8 Å². The molecule has 0 unspecified atom stereocenters. The monoisotopic (exact) mass is 314 g/mol. The van der Waals surface area contributed by atoms with Crippen molar-refractivity contribution in [3.8, 4) is 0 Å². The molecule has 1 fully saturated rings. The second kappa shape index (κ2) is 6.38. The van der Waals surface area contributed by atoms with E-state index in [2.05, 4.69) is 33.1 Å². The summed E-state index contributed by atoms with van der Waals surface area (Å²) in [5.74, 6) is 0.763. The molecule has 1 aliphatic rings. The quantitative estimate of drug-likeness (QED) is 0.928. The lowest BCUT2D eigenvalue weighted by atomic mass is 9.99. The summed E-state index contributed by atoms with van der Waals surface area (Å²) in [6.45, 7) is 6.20. The van der Waals surface area contributed by atoms with Gasteiger partial charge in [-0.15, -0.1) is 0 Å². The largest absolute Gasteiger partial charge is 0.457 e. The summed E-state index contributed by atoms with van der Waals surface area (Å²) < 4.78 is 5.53. The number of nitrogens with one attached hydrogen (secondary N) is 1. The number of amides is 1. The van der Waals surface area contributed by atoms with E-state index in [0.29, 0.717) is 16.8 Å². The molecule has 0 saturated carbocycles. The Morgan fingerprint density at radius 1 is 1.56 bits per heavy atom. The van der Waals surface area contributed by atoms with Crippen LogP contribution in [0.5, 0.6) is 0 Å². The summed E-state index contributed by atoms with van der Waals surface area (Å²) in [7, 11) is 0. The minimum atomic E-state index is -0.0824. The number of piperidine rings is 1. The lowest BCUT2D eigenvalue weighted by Gasteiger charge is -2.30. The van der Waals surface area contributed by atoms with Gasteiger partial charge in [-0.3, -0.25) is 4.79 Å². The van der Waals surface area contributed by atoms with Gasteiger partial charge in [0.2, 0.25) is 0 Å². The van der Waals surface area contributed by atoms with Crippen molar-refractivity contribution in [1.82, 2.24) is 10.2 Å². The topological polar surface area (TPSA) is 45.5 Å². The molecular formula is C13H19BrN2O2. The van der Waals surface area contributed by atoms with Gasteiger partial charge in [-0.05, 0) is 53.8 Å². The second-order valence-electron chi connectivity index (χ2n) is 4.89. The highest BCUT2D eigenvalue weighted by molar-refractivity contribution is 9.10. The zero-order valence-electron chi connectivity index (χ0n) is 10.6. The van der Waals surface area contributed by atoms with Crippen LogP contribution in [0.2, 0.25) is 0 Å². The Kier molecular flexibility index (Phi) is 4.83. The van der Waals surface area contributed by atoms with Crippen molar-refractivity contribution in [2.75, 3.05) is 26.2 Å². The van der Waals surface area contributed by atoms with Crippen LogP contribution in [0.15, 0.2) is 21.4 Å². The molecule has 18 heavy (non-hydrogen) atoms. The number of carbonyl (C=O) groups excluding carboxylic acids is 1. The minimum Gasteiger partial charge on any atom is -0.457 e. The van der Waals surface area contributed by atoms with Crippen LogP contribution in [0.1, 0.15) is 30.1 Å². The number of halogens is 1. The number of furan rings is 1. The van der Waals surface area contributed by atoms with Crippen molar-refractivity contribution in [2.45, 2.75) is 19.8 Å². The van der Waals surface area contributed by atoms with Crippen LogP contribution in [0.3, 0.4) is 0 Å². The highest BCUT2D eigenvalue weighted by atomic mass is 79.9. The van der Waals surface area contributed by atoms with Gasteiger partial charge in [0, 0.05) is 13.1 Å². The Morgan fingerprint density at radius 3 is 2.89 bits per heavy atom. The number of likely N-dealkylation sites (tertiary alicyclic amines) is 1. The van der Waals surface area contributed by atoms with E-state index in [1.807, 2.05) is 0 Å². The smallest absolute Gasteiger partial charge is 0.255 e. The summed E-state index contributed by atoms with van der Waals surface area (Å²) in [6, 6.07) is 1.67. The number of rotatable bonds is 4. The lowest BCUT2D eigenvalue weighted by molar-refractivity contribution is 0.0943. The average Bonchev–Trinajstić information content (AvgIpc) is 2.78. The maximum absolute atomic E-state index is 11.8. The van der Waals surface area contributed by atoms with Crippen molar-refractivity contribution in [2.24, 2.45) is 5.92 Å². The van der Waals surface area contributed by atoms with Gasteiger partial charge < -0.3 is 14.6 Å². The third-order valence-corrected chi connectivity index (χ3v) is 4.07. The molecule has 1 amide bonds. The molecule has 0 aromatic carbocycles. The average molecular weight is 315 g/mol. The summed E-state index contributed by atoms with van der Waals surface area (Å²) in [5.41, 5.74) is 0.558. The van der Waals surface area contributed by atoms with Crippen LogP contribution in [0.4, 0.5) is 0 Å². The molecule has 1 saturated heterocycles. The standard InChI is InChI=1S/C13H19BrN2O2/c1-10-2-6-16(7-3-10)8-5-15-13(17)11-4-9-18-12(11)14/h4,9-10H,2-3,5-8H2,1H3,(H,15,17). The SMILES string of the molecule is CC1CCN(CCNC(=O)c2ccoc2Br)CC1. The van der Waals surface area contributed by atoms with Gasteiger partial charge >= 0.3 is 0 Å². The molecule has 1 aromatic rings. The molecule has 0 radical (unpaired) electrons. The lowest BCUT2D eigenvalue weighted by Crippen LogP contribution is -2.39. The zero-order chi connectivity index (χ0) is 13.0. The first-order valence-electron chi connectivity index (χ1n) is 6.40. The van der Waals surface area contributed by atoms with E-state index in [9.17, 15) is 4.79 Å². The van der Waals surface area contributed by atoms with Gasteiger partial charge in [-0.2, -0.15) is 0 Å². The normalized spacial score (nSPS) is 17.9. The fourth-order valence-corrected chi connectivity index (χ4v) is 2.58. The predicted molar refractivity (Wildman–Crippen MR) is 73.6 cm³/mol. The van der Waals surface area contributed by atoms with Crippen LogP contribution in [0.25, 0.3) is 0 Å². The Balaban J connectivity index is 1.69.